The van der Waals surface area contributed by atoms with Gasteiger partial charge in [-0.1, -0.05) is 17.7 Å². The lowest BCUT2D eigenvalue weighted by molar-refractivity contribution is -0.137. The highest BCUT2D eigenvalue weighted by molar-refractivity contribution is 6.33. The van der Waals surface area contributed by atoms with Crippen LogP contribution < -0.4 is 31.6 Å². The number of rotatable bonds is 12. The number of nitrogens with one attached hydrogen (secondary N) is 2. The second-order valence-corrected chi connectivity index (χ2v) is 18.4. The van der Waals surface area contributed by atoms with Crippen LogP contribution in [0.4, 0.5) is 21.8 Å². The molecule has 0 radical (unpaired) electrons. The minimum Gasteiger partial charge on any atom is -0.478 e. The van der Waals surface area contributed by atoms with Crippen molar-refractivity contribution in [2.24, 2.45) is 5.73 Å². The first kappa shape index (κ1) is 43.6. The Morgan fingerprint density at radius 3 is 2.45 bits per heavy atom. The first-order chi connectivity index (χ1) is 30.7. The summed E-state index contributed by atoms with van der Waals surface area (Å²) in [6.07, 6.45) is 7.56. The zero-order valence-corrected chi connectivity index (χ0v) is 36.9. The van der Waals surface area contributed by atoms with Gasteiger partial charge in [-0.15, -0.1) is 0 Å². The van der Waals surface area contributed by atoms with Crippen LogP contribution in [0, 0.1) is 5.82 Å². The van der Waals surface area contributed by atoms with Crippen molar-refractivity contribution in [1.82, 2.24) is 29.7 Å². The molecule has 4 N–H and O–H groups in total. The largest absolute Gasteiger partial charge is 0.478 e. The summed E-state index contributed by atoms with van der Waals surface area (Å²) in [4.78, 5) is 77.6. The van der Waals surface area contributed by atoms with E-state index in [9.17, 15) is 24.0 Å². The smallest absolute Gasteiger partial charge is 0.293 e. The second kappa shape index (κ2) is 17.7. The Morgan fingerprint density at radius 2 is 1.75 bits per heavy atom. The highest BCUT2D eigenvalue weighted by Crippen LogP contribution is 2.43. The number of nitrogens with two attached hydrogens (primary N) is 1. The maximum atomic E-state index is 16.2. The zero-order chi connectivity index (χ0) is 45.0. The predicted octanol–water partition coefficient (Wildman–Crippen LogP) is 5.49. The van der Waals surface area contributed by atoms with E-state index in [2.05, 4.69) is 25.4 Å². The van der Waals surface area contributed by atoms with Gasteiger partial charge in [-0.25, -0.2) is 9.37 Å². The first-order valence-corrected chi connectivity index (χ1v) is 22.6. The molecule has 1 aliphatic carbocycles. The van der Waals surface area contributed by atoms with Crippen molar-refractivity contribution >= 4 is 63.6 Å². The number of benzene rings is 2. The number of carbonyl (C=O) groups excluding carboxylic acids is 4. The number of piperidine rings is 3. The van der Waals surface area contributed by atoms with E-state index in [-0.39, 0.29) is 65.9 Å². The lowest BCUT2D eigenvalue weighted by atomic mass is 9.82. The summed E-state index contributed by atoms with van der Waals surface area (Å²) in [5.74, 6) is -1.17. The molecule has 2 aromatic carbocycles. The molecule has 4 aliphatic heterocycles. The summed E-state index contributed by atoms with van der Waals surface area (Å²) in [5.41, 5.74) is 7.60. The van der Waals surface area contributed by atoms with Crippen LogP contribution in [0.25, 0.3) is 10.9 Å². The number of nitrogens with zero attached hydrogens (tertiary/aromatic N) is 6. The third-order valence-electron chi connectivity index (χ3n) is 13.6. The molecule has 9 rings (SSSR count). The van der Waals surface area contributed by atoms with Crippen molar-refractivity contribution in [2.45, 2.75) is 114 Å². The normalized spacial score (nSPS) is 23.4. The average Bonchev–Trinajstić information content (AvgIpc) is 3.51. The van der Waals surface area contributed by atoms with E-state index >= 15 is 4.39 Å². The van der Waals surface area contributed by atoms with Gasteiger partial charge in [0.05, 0.1) is 30.0 Å². The lowest BCUT2D eigenvalue weighted by Gasteiger charge is -2.47. The van der Waals surface area contributed by atoms with Gasteiger partial charge < -0.3 is 39.8 Å². The fraction of sp³-hybridized carbons (Fsp3) is 0.500. The number of carbonyl (C=O) groups is 4. The van der Waals surface area contributed by atoms with E-state index in [1.165, 1.54) is 4.90 Å². The third kappa shape index (κ3) is 8.40. The van der Waals surface area contributed by atoms with Crippen LogP contribution >= 0.6 is 11.6 Å². The van der Waals surface area contributed by atoms with E-state index in [1.54, 1.807) is 35.9 Å². The molecule has 6 heterocycles. The SMILES string of the molecule is CC(C)n1c(=O)c(OCC(N)=O)cc2cc(Nc3nc(N4CCC(O[C@H]5C[C@H](N6CCC(c7ccc8c(c7F)[C@H](C)N(C7CCC(=O)NC7=O)C8=O)CC6)C5)CC4)ncc3Cl)ccc21. The Bertz CT molecular complexity index is 2570. The first-order valence-electron chi connectivity index (χ1n) is 22.3. The van der Waals surface area contributed by atoms with E-state index in [4.69, 9.17) is 31.8 Å². The number of hydrogen-bond acceptors (Lipinski definition) is 12. The van der Waals surface area contributed by atoms with Crippen LogP contribution in [-0.4, -0.2) is 105 Å². The highest BCUT2D eigenvalue weighted by Gasteiger charge is 2.45. The van der Waals surface area contributed by atoms with Gasteiger partial charge in [-0.3, -0.25) is 29.3 Å². The highest BCUT2D eigenvalue weighted by atomic mass is 35.5. The summed E-state index contributed by atoms with van der Waals surface area (Å²) in [6.45, 7) is 8.34. The number of hydrogen-bond donors (Lipinski definition) is 3. The van der Waals surface area contributed by atoms with Crippen LogP contribution in [0.5, 0.6) is 5.75 Å². The maximum absolute atomic E-state index is 16.2. The van der Waals surface area contributed by atoms with Crippen LogP contribution in [0.15, 0.2) is 47.4 Å². The number of likely N-dealkylation sites (tertiary alicyclic amines) is 1. The minimum atomic E-state index is -0.793. The molecule has 4 amide bonds. The molecule has 2 atom stereocenters. The van der Waals surface area contributed by atoms with Crippen LogP contribution in [0.3, 0.4) is 0 Å². The van der Waals surface area contributed by atoms with E-state index < -0.39 is 30.5 Å². The molecule has 2 aromatic heterocycles. The molecule has 0 spiro atoms. The van der Waals surface area contributed by atoms with Gasteiger partial charge in [0.25, 0.3) is 17.4 Å². The summed E-state index contributed by atoms with van der Waals surface area (Å²) >= 11 is 6.58. The van der Waals surface area contributed by atoms with Crippen LogP contribution in [-0.2, 0) is 19.1 Å². The number of halogens is 2. The molecular weight excluding hydrogens is 845 g/mol. The minimum absolute atomic E-state index is 0.0341. The second-order valence-electron chi connectivity index (χ2n) is 18.0. The summed E-state index contributed by atoms with van der Waals surface area (Å²) in [6, 6.07) is 9.51. The fourth-order valence-corrected chi connectivity index (χ4v) is 10.4. The number of aromatic nitrogens is 3. The number of primary amides is 1. The Labute approximate surface area is 374 Å². The van der Waals surface area contributed by atoms with Gasteiger partial charge in [0.2, 0.25) is 17.8 Å². The van der Waals surface area contributed by atoms with Gasteiger partial charge >= 0.3 is 0 Å². The van der Waals surface area contributed by atoms with Gasteiger partial charge in [0, 0.05) is 53.8 Å². The molecular formula is C46H53ClFN9O7. The number of fused-ring (bicyclic) bond motifs is 2. The number of imide groups is 1. The topological polar surface area (TPSA) is 194 Å². The molecule has 18 heteroatoms. The van der Waals surface area contributed by atoms with Crippen LogP contribution in [0.2, 0.25) is 5.02 Å². The van der Waals surface area contributed by atoms with Crippen molar-refractivity contribution in [3.05, 3.63) is 80.5 Å². The van der Waals surface area contributed by atoms with Crippen molar-refractivity contribution in [1.29, 1.82) is 0 Å². The Morgan fingerprint density at radius 1 is 1.00 bits per heavy atom. The molecule has 5 aliphatic rings. The molecule has 16 nitrogen and oxygen atoms in total. The Kier molecular flexibility index (Phi) is 12.1. The van der Waals surface area contributed by atoms with E-state index in [0.29, 0.717) is 56.1 Å². The number of pyridine rings is 1. The quantitative estimate of drug-likeness (QED) is 0.152. The predicted molar refractivity (Wildman–Crippen MR) is 237 cm³/mol. The van der Waals surface area contributed by atoms with Gasteiger partial charge in [0.15, 0.2) is 18.2 Å². The molecule has 1 saturated carbocycles. The number of amides is 4. The van der Waals surface area contributed by atoms with Crippen molar-refractivity contribution < 1.29 is 33.0 Å². The summed E-state index contributed by atoms with van der Waals surface area (Å²) in [5, 5.41) is 6.70. The number of anilines is 3. The molecule has 3 saturated heterocycles. The third-order valence-corrected chi connectivity index (χ3v) is 13.9. The molecule has 4 aromatic rings. The number of ether oxygens (including phenoxy) is 2. The van der Waals surface area contributed by atoms with Crippen LogP contribution in [0.1, 0.15) is 112 Å². The van der Waals surface area contributed by atoms with Gasteiger partial charge in [-0.05, 0) is 121 Å². The lowest BCUT2D eigenvalue weighted by Crippen LogP contribution is -2.53. The fourth-order valence-electron chi connectivity index (χ4n) is 10.2. The Hall–Kier alpha value is -5.65. The Balaban J connectivity index is 0.751. The van der Waals surface area contributed by atoms with Crippen molar-refractivity contribution in [3.63, 3.8) is 0 Å². The zero-order valence-electron chi connectivity index (χ0n) is 36.1. The standard InChI is InChI=1S/C46H53ClFN9O7/c1-24(2)56-35-7-4-28(18-27(35)19-37(45(56)62)63-23-38(49)58)51-42-34(47)22-50-46(53-42)55-16-12-30(13-17-55)64-31-20-29(21-31)54-14-10-26(11-15-54)32-5-6-33-40(41(32)48)25(3)57(44(33)61)36-8-9-39(59)52-43(36)60/h4-7,18-19,22,24-26,29-31,36H,8-17,20-21,23H2,1-3H3,(H2,49,58)(H,50,51,53)(H,52,59,60)/t25-,29-,31-,36?/m0/s1. The molecule has 338 valence electrons. The molecule has 1 unspecified atom stereocenters. The maximum Gasteiger partial charge on any atom is 0.293 e. The molecule has 0 bridgehead atoms. The van der Waals surface area contributed by atoms with Gasteiger partial charge in [0.1, 0.15) is 16.9 Å². The average molecular weight is 898 g/mol. The summed E-state index contributed by atoms with van der Waals surface area (Å²) < 4.78 is 29.9. The monoisotopic (exact) mass is 897 g/mol. The molecule has 4 fully saturated rings. The van der Waals surface area contributed by atoms with Gasteiger partial charge in [-0.2, -0.15) is 4.98 Å². The van der Waals surface area contributed by atoms with E-state index in [1.807, 2.05) is 32.0 Å². The molecule has 64 heavy (non-hydrogen) atoms. The summed E-state index contributed by atoms with van der Waals surface area (Å²) in [7, 11) is 0. The van der Waals surface area contributed by atoms with E-state index in [0.717, 1.165) is 64.7 Å². The van der Waals surface area contributed by atoms with Crippen molar-refractivity contribution in [3.8, 4) is 5.75 Å². The van der Waals surface area contributed by atoms with Crippen molar-refractivity contribution in [2.75, 3.05) is 43.0 Å².